The van der Waals surface area contributed by atoms with E-state index in [1.165, 1.54) is 13.8 Å². The molecule has 0 heterocycles. The van der Waals surface area contributed by atoms with Crippen molar-refractivity contribution in [3.05, 3.63) is 11.6 Å². The maximum Gasteiger partial charge on any atom is 0.302 e. The number of ether oxygens (including phenoxy) is 1. The first-order valence-electron chi connectivity index (χ1n) is 12.2. The van der Waals surface area contributed by atoms with Gasteiger partial charge in [0.15, 0.2) is 11.6 Å². The monoisotopic (exact) mass is 471 g/mol. The lowest BCUT2D eigenvalue weighted by molar-refractivity contribution is -0.332. The number of carbonyl (C=O) groups is 5. The number of carbonyl (C=O) groups excluding carboxylic acids is 5. The van der Waals surface area contributed by atoms with Crippen molar-refractivity contribution in [1.29, 1.82) is 0 Å². The summed E-state index contributed by atoms with van der Waals surface area (Å²) in [7, 11) is 0. The molecular formula is C27H35O7-. The molecule has 0 aliphatic heterocycles. The molecule has 1 unspecified atom stereocenters. The Labute approximate surface area is 200 Å². The van der Waals surface area contributed by atoms with Crippen LogP contribution < -0.4 is 5.11 Å². The van der Waals surface area contributed by atoms with Crippen LogP contribution in [-0.4, -0.2) is 35.9 Å². The number of carboxylic acids is 1. The van der Waals surface area contributed by atoms with Gasteiger partial charge in [0.25, 0.3) is 0 Å². The van der Waals surface area contributed by atoms with E-state index in [1.54, 1.807) is 20.8 Å². The summed E-state index contributed by atoms with van der Waals surface area (Å²) in [4.78, 5) is 65.1. The molecule has 0 saturated heterocycles. The van der Waals surface area contributed by atoms with Gasteiger partial charge in [0.05, 0.1) is 22.7 Å². The summed E-state index contributed by atoms with van der Waals surface area (Å²) in [6.07, 6.45) is 4.18. The van der Waals surface area contributed by atoms with Crippen molar-refractivity contribution in [3.8, 4) is 0 Å². The zero-order chi connectivity index (χ0) is 25.6. The average molecular weight is 472 g/mol. The van der Waals surface area contributed by atoms with Crippen LogP contribution >= 0.6 is 0 Å². The summed E-state index contributed by atoms with van der Waals surface area (Å²) in [6.45, 7) is 11.9. The van der Waals surface area contributed by atoms with Crippen molar-refractivity contribution in [3.63, 3.8) is 0 Å². The molecule has 0 aromatic rings. The summed E-state index contributed by atoms with van der Waals surface area (Å²) >= 11 is 0. The molecule has 7 nitrogen and oxygen atoms in total. The first kappa shape index (κ1) is 24.8. The Balaban J connectivity index is 1.98. The second kappa shape index (κ2) is 7.11. The Morgan fingerprint density at radius 1 is 1.09 bits per heavy atom. The smallest absolute Gasteiger partial charge is 0.302 e. The van der Waals surface area contributed by atoms with Crippen LogP contribution in [0.1, 0.15) is 74.1 Å². The maximum atomic E-state index is 13.8. The third-order valence-corrected chi connectivity index (χ3v) is 10.7. The van der Waals surface area contributed by atoms with Gasteiger partial charge in [-0.05, 0) is 63.7 Å². The normalized spacial score (nSPS) is 47.1. The van der Waals surface area contributed by atoms with E-state index in [1.807, 2.05) is 19.9 Å². The van der Waals surface area contributed by atoms with Crippen molar-refractivity contribution in [2.45, 2.75) is 80.3 Å². The van der Waals surface area contributed by atoms with Gasteiger partial charge in [-0.1, -0.05) is 32.4 Å². The van der Waals surface area contributed by atoms with Crippen molar-refractivity contribution in [2.24, 2.45) is 44.8 Å². The Kier molecular flexibility index (Phi) is 5.19. The fourth-order valence-electron chi connectivity index (χ4n) is 9.04. The number of ketones is 2. The predicted octanol–water partition coefficient (Wildman–Crippen LogP) is 2.45. The van der Waals surface area contributed by atoms with E-state index in [2.05, 4.69) is 0 Å². The highest BCUT2D eigenvalue weighted by atomic mass is 16.5. The molecule has 0 radical (unpaired) electrons. The van der Waals surface area contributed by atoms with Crippen LogP contribution in [0.4, 0.5) is 0 Å². The van der Waals surface area contributed by atoms with Crippen molar-refractivity contribution < 1.29 is 33.8 Å². The van der Waals surface area contributed by atoms with Gasteiger partial charge in [-0.2, -0.15) is 0 Å². The Hall–Kier alpha value is -2.31. The number of hydrogen-bond donors (Lipinski definition) is 0. The lowest BCUT2D eigenvalue weighted by Gasteiger charge is -2.69. The van der Waals surface area contributed by atoms with E-state index in [4.69, 9.17) is 4.74 Å². The van der Waals surface area contributed by atoms with E-state index in [-0.39, 0.29) is 18.0 Å². The van der Waals surface area contributed by atoms with Gasteiger partial charge in [-0.25, -0.2) is 0 Å². The molecule has 0 aromatic heterocycles. The Bertz CT molecular complexity index is 1040. The van der Waals surface area contributed by atoms with Gasteiger partial charge < -0.3 is 19.4 Å². The highest BCUT2D eigenvalue weighted by molar-refractivity contribution is 6.24. The van der Waals surface area contributed by atoms with Crippen LogP contribution in [0.2, 0.25) is 0 Å². The maximum absolute atomic E-state index is 13.8. The number of allylic oxidation sites excluding steroid dienone is 2. The lowest BCUT2D eigenvalue weighted by Crippen LogP contribution is -2.72. The van der Waals surface area contributed by atoms with Crippen LogP contribution in [0.3, 0.4) is 0 Å². The van der Waals surface area contributed by atoms with E-state index in [0.717, 1.165) is 6.29 Å². The van der Waals surface area contributed by atoms with E-state index >= 15 is 0 Å². The number of aliphatic carboxylic acids is 1. The van der Waals surface area contributed by atoms with Crippen LogP contribution in [-0.2, 0) is 28.7 Å². The standard InChI is InChI=1S/C27H36O7/c1-14-12-18-24(6,27(22(32)33)21(31)15(2)20(30)25(14,27)7)10-8-17-23(4,5)19(34-16(3)29)9-11-26(17,18)13-28/h12-13,15,17-19H,8-11H2,1-7H3,(H,32,33)/p-1/t15?,17-,18-,19+,24+,25+,26+,27-/m1/s1. The van der Waals surface area contributed by atoms with E-state index in [0.29, 0.717) is 31.3 Å². The summed E-state index contributed by atoms with van der Waals surface area (Å²) < 4.78 is 5.64. The second-order valence-electron chi connectivity index (χ2n) is 12.1. The molecule has 3 saturated carbocycles. The molecule has 0 bridgehead atoms. The van der Waals surface area contributed by atoms with E-state index < -0.39 is 56.4 Å². The quantitative estimate of drug-likeness (QED) is 0.268. The SMILES string of the molecule is CC(=O)O[C@H]1CC[C@]2(C=O)[C@H](CC[C@@]3(C)[C@H]2C=C(C)[C@@]2(C)C(=O)C(C)C(=O)[C@]23C(=O)[O-])C1(C)C. The minimum absolute atomic E-state index is 0.189. The minimum atomic E-state index is -2.04. The fourth-order valence-corrected chi connectivity index (χ4v) is 9.04. The zero-order valence-corrected chi connectivity index (χ0v) is 21.2. The number of fused-ring (bicyclic) bond motifs is 5. The fraction of sp³-hybridized carbons (Fsp3) is 0.741. The van der Waals surface area contributed by atoms with Gasteiger partial charge in [0.1, 0.15) is 12.4 Å². The minimum Gasteiger partial charge on any atom is -0.549 e. The lowest BCUT2D eigenvalue weighted by atomic mass is 9.34. The van der Waals surface area contributed by atoms with Gasteiger partial charge >= 0.3 is 5.97 Å². The van der Waals surface area contributed by atoms with Gasteiger partial charge in [0, 0.05) is 17.8 Å². The zero-order valence-electron chi connectivity index (χ0n) is 21.2. The van der Waals surface area contributed by atoms with Crippen molar-refractivity contribution in [2.75, 3.05) is 0 Å². The number of hydrogen-bond acceptors (Lipinski definition) is 7. The van der Waals surface area contributed by atoms with Gasteiger partial charge in [-0.3, -0.25) is 14.4 Å². The largest absolute Gasteiger partial charge is 0.549 e. The molecule has 0 N–H and O–H groups in total. The highest BCUT2D eigenvalue weighted by Gasteiger charge is 2.79. The molecule has 4 aliphatic rings. The molecule has 3 fully saturated rings. The number of carboxylic acid groups (broad SMARTS) is 1. The molecule has 4 rings (SSSR count). The van der Waals surface area contributed by atoms with Gasteiger partial charge in [-0.15, -0.1) is 0 Å². The Morgan fingerprint density at radius 3 is 2.24 bits per heavy atom. The predicted molar refractivity (Wildman–Crippen MR) is 120 cm³/mol. The van der Waals surface area contributed by atoms with Gasteiger partial charge in [0.2, 0.25) is 0 Å². The number of Topliss-reactive ketones (excluding diaryl/α,β-unsaturated/α-hetero) is 2. The third-order valence-electron chi connectivity index (χ3n) is 10.7. The summed E-state index contributed by atoms with van der Waals surface area (Å²) in [5.74, 6) is -4.70. The first-order valence-corrected chi connectivity index (χ1v) is 12.2. The Morgan fingerprint density at radius 2 is 1.71 bits per heavy atom. The average Bonchev–Trinajstić information content (AvgIpc) is 2.91. The van der Waals surface area contributed by atoms with Crippen molar-refractivity contribution >= 4 is 29.8 Å². The molecule has 34 heavy (non-hydrogen) atoms. The topological polar surface area (TPSA) is 118 Å². The van der Waals surface area contributed by atoms with Crippen LogP contribution in [0.5, 0.6) is 0 Å². The molecule has 186 valence electrons. The molecule has 4 aliphatic carbocycles. The van der Waals surface area contributed by atoms with Crippen LogP contribution in [0.15, 0.2) is 11.6 Å². The summed E-state index contributed by atoms with van der Waals surface area (Å²) in [5, 5.41) is 13.1. The van der Waals surface area contributed by atoms with Crippen LogP contribution in [0.25, 0.3) is 0 Å². The molecule has 7 heteroatoms. The number of aldehydes is 1. The molecular weight excluding hydrogens is 436 g/mol. The first-order chi connectivity index (χ1) is 15.6. The third kappa shape index (κ3) is 2.41. The highest BCUT2D eigenvalue weighted by Crippen LogP contribution is 2.75. The summed E-state index contributed by atoms with van der Waals surface area (Å²) in [6, 6.07) is 0. The summed E-state index contributed by atoms with van der Waals surface area (Å²) in [5.41, 5.74) is -5.71. The van der Waals surface area contributed by atoms with Crippen molar-refractivity contribution in [1.82, 2.24) is 0 Å². The second-order valence-corrected chi connectivity index (χ2v) is 12.1. The van der Waals surface area contributed by atoms with Crippen LogP contribution in [0, 0.1) is 44.8 Å². The number of rotatable bonds is 3. The number of esters is 1. The molecule has 0 amide bonds. The molecule has 0 spiro atoms. The molecule has 8 atom stereocenters. The van der Waals surface area contributed by atoms with E-state index in [9.17, 15) is 29.1 Å². The molecule has 0 aromatic carbocycles.